The van der Waals surface area contributed by atoms with Gasteiger partial charge in [0.25, 0.3) is 0 Å². The number of nitrogens with one attached hydrogen (secondary N) is 1. The summed E-state index contributed by atoms with van der Waals surface area (Å²) in [5.74, 6) is 0.284. The highest BCUT2D eigenvalue weighted by Crippen LogP contribution is 2.32. The number of anilines is 1. The zero-order valence-electron chi connectivity index (χ0n) is 17.5. The van der Waals surface area contributed by atoms with Crippen molar-refractivity contribution in [2.45, 2.75) is 43.6 Å². The number of hydrogen-bond donors (Lipinski definition) is 3. The van der Waals surface area contributed by atoms with Gasteiger partial charge in [0.05, 0.1) is 22.4 Å². The Morgan fingerprint density at radius 3 is 2.61 bits per heavy atom. The first kappa shape index (κ1) is 21.4. The number of pyridine rings is 1. The molecule has 0 aliphatic heterocycles. The van der Waals surface area contributed by atoms with Crippen molar-refractivity contribution in [2.75, 3.05) is 12.3 Å². The Balaban J connectivity index is 1.69. The molecule has 1 aliphatic carbocycles. The molecule has 3 aromatic rings. The average Bonchev–Trinajstić information content (AvgIpc) is 2.71. The van der Waals surface area contributed by atoms with Crippen LogP contribution in [0.2, 0.25) is 0 Å². The monoisotopic (exact) mass is 439 g/mol. The Morgan fingerprint density at radius 2 is 1.94 bits per heavy atom. The highest BCUT2D eigenvalue weighted by molar-refractivity contribution is 7.89. The molecule has 9 heteroatoms. The van der Waals surface area contributed by atoms with Crippen LogP contribution in [0.25, 0.3) is 22.5 Å². The quantitative estimate of drug-likeness (QED) is 0.538. The van der Waals surface area contributed by atoms with E-state index in [9.17, 15) is 13.5 Å². The summed E-state index contributed by atoms with van der Waals surface area (Å²) < 4.78 is 28.1. The van der Waals surface area contributed by atoms with Gasteiger partial charge >= 0.3 is 0 Å². The SMILES string of the molecule is Cc1cc(-c2nc(-c3cc(S(=O)(=O)NCC4(O)CCC4)ccc3C)cnc2N)ccn1. The molecule has 4 rings (SSSR count). The van der Waals surface area contributed by atoms with Gasteiger partial charge in [0.1, 0.15) is 11.5 Å². The zero-order valence-corrected chi connectivity index (χ0v) is 18.3. The molecule has 162 valence electrons. The summed E-state index contributed by atoms with van der Waals surface area (Å²) in [5.41, 5.74) is 9.26. The first-order valence-corrected chi connectivity index (χ1v) is 11.5. The Morgan fingerprint density at radius 1 is 1.16 bits per heavy atom. The zero-order chi connectivity index (χ0) is 22.2. The van der Waals surface area contributed by atoms with Gasteiger partial charge in [0.15, 0.2) is 0 Å². The third-order valence-corrected chi connectivity index (χ3v) is 7.04. The molecule has 0 unspecified atom stereocenters. The molecule has 0 amide bonds. The summed E-state index contributed by atoms with van der Waals surface area (Å²) >= 11 is 0. The molecule has 8 nitrogen and oxygen atoms in total. The van der Waals surface area contributed by atoms with E-state index in [1.165, 1.54) is 6.20 Å². The third kappa shape index (κ3) is 4.43. The number of aromatic nitrogens is 3. The molecule has 1 aromatic carbocycles. The van der Waals surface area contributed by atoms with Crippen molar-refractivity contribution in [2.24, 2.45) is 0 Å². The Bertz CT molecular complexity index is 1240. The molecule has 2 heterocycles. The van der Waals surface area contributed by atoms with Gasteiger partial charge in [-0.15, -0.1) is 0 Å². The number of hydrogen-bond acceptors (Lipinski definition) is 7. The van der Waals surface area contributed by atoms with Crippen LogP contribution in [-0.2, 0) is 10.0 Å². The highest BCUT2D eigenvalue weighted by atomic mass is 32.2. The van der Waals surface area contributed by atoms with Crippen molar-refractivity contribution in [3.8, 4) is 22.5 Å². The van der Waals surface area contributed by atoms with Crippen LogP contribution in [0.5, 0.6) is 0 Å². The summed E-state index contributed by atoms with van der Waals surface area (Å²) in [5, 5.41) is 10.2. The molecule has 1 fully saturated rings. The van der Waals surface area contributed by atoms with Crippen LogP contribution < -0.4 is 10.5 Å². The minimum absolute atomic E-state index is 0.00572. The van der Waals surface area contributed by atoms with Crippen molar-refractivity contribution in [1.82, 2.24) is 19.7 Å². The molecule has 1 aliphatic rings. The Kier molecular flexibility index (Phi) is 5.50. The summed E-state index contributed by atoms with van der Waals surface area (Å²) in [7, 11) is -3.78. The fourth-order valence-corrected chi connectivity index (χ4v) is 4.70. The topological polar surface area (TPSA) is 131 Å². The molecular weight excluding hydrogens is 414 g/mol. The van der Waals surface area contributed by atoms with Crippen molar-refractivity contribution >= 4 is 15.8 Å². The molecule has 0 radical (unpaired) electrons. The molecular formula is C22H25N5O3S. The first-order valence-electron chi connectivity index (χ1n) is 10.1. The van der Waals surface area contributed by atoms with E-state index < -0.39 is 15.6 Å². The van der Waals surface area contributed by atoms with E-state index in [1.54, 1.807) is 30.5 Å². The minimum atomic E-state index is -3.78. The standard InChI is InChI=1S/C22H25N5O3S/c1-14-4-5-17(31(29,30)26-13-22(28)7-3-8-22)11-18(14)19-12-25-21(23)20(27-19)16-6-9-24-15(2)10-16/h4-6,9-12,26,28H,3,7-8,13H2,1-2H3,(H2,23,25). The molecule has 0 bridgehead atoms. The number of rotatable bonds is 6. The largest absolute Gasteiger partial charge is 0.389 e. The van der Waals surface area contributed by atoms with Gasteiger partial charge in [-0.2, -0.15) is 0 Å². The van der Waals surface area contributed by atoms with Crippen LogP contribution in [0.15, 0.2) is 47.6 Å². The second-order valence-electron chi connectivity index (χ2n) is 8.05. The lowest BCUT2D eigenvalue weighted by Crippen LogP contribution is -2.47. The maximum atomic E-state index is 12.8. The third-order valence-electron chi connectivity index (χ3n) is 5.64. The average molecular weight is 440 g/mol. The van der Waals surface area contributed by atoms with Crippen LogP contribution >= 0.6 is 0 Å². The molecule has 0 atom stereocenters. The highest BCUT2D eigenvalue weighted by Gasteiger charge is 2.35. The van der Waals surface area contributed by atoms with Gasteiger partial charge in [-0.3, -0.25) is 4.98 Å². The number of nitrogens with two attached hydrogens (primary N) is 1. The maximum Gasteiger partial charge on any atom is 0.240 e. The van der Waals surface area contributed by atoms with Gasteiger partial charge in [-0.05, 0) is 62.9 Å². The van der Waals surface area contributed by atoms with Crippen LogP contribution in [0.1, 0.15) is 30.5 Å². The Hall–Kier alpha value is -2.88. The Labute approximate surface area is 181 Å². The number of aliphatic hydroxyl groups is 1. The summed E-state index contributed by atoms with van der Waals surface area (Å²) in [4.78, 5) is 13.3. The summed E-state index contributed by atoms with van der Waals surface area (Å²) in [6.07, 6.45) is 5.33. The van der Waals surface area contributed by atoms with E-state index in [0.29, 0.717) is 29.8 Å². The number of nitrogen functional groups attached to an aromatic ring is 1. The molecule has 0 saturated heterocycles. The predicted octanol–water partition coefficient (Wildman–Crippen LogP) is 2.60. The lowest BCUT2D eigenvalue weighted by molar-refractivity contribution is -0.0270. The van der Waals surface area contributed by atoms with Gasteiger partial charge in [-0.1, -0.05) is 6.07 Å². The molecule has 2 aromatic heterocycles. The molecule has 31 heavy (non-hydrogen) atoms. The van der Waals surface area contributed by atoms with Crippen LogP contribution in [0, 0.1) is 13.8 Å². The van der Waals surface area contributed by atoms with Gasteiger partial charge in [0.2, 0.25) is 10.0 Å². The van der Waals surface area contributed by atoms with Crippen LogP contribution in [0.3, 0.4) is 0 Å². The number of nitrogens with zero attached hydrogens (tertiary/aromatic N) is 3. The van der Waals surface area contributed by atoms with E-state index in [0.717, 1.165) is 23.2 Å². The van der Waals surface area contributed by atoms with Gasteiger partial charge in [-0.25, -0.2) is 23.1 Å². The smallest absolute Gasteiger partial charge is 0.240 e. The second kappa shape index (κ2) is 7.99. The summed E-state index contributed by atoms with van der Waals surface area (Å²) in [6.45, 7) is 3.76. The fourth-order valence-electron chi connectivity index (χ4n) is 3.55. The fraction of sp³-hybridized carbons (Fsp3) is 0.318. The van der Waals surface area contributed by atoms with E-state index >= 15 is 0 Å². The predicted molar refractivity (Wildman–Crippen MR) is 119 cm³/mol. The van der Waals surface area contributed by atoms with Crippen LogP contribution in [0.4, 0.5) is 5.82 Å². The lowest BCUT2D eigenvalue weighted by atomic mass is 9.81. The molecule has 0 spiro atoms. The van der Waals surface area contributed by atoms with E-state index in [-0.39, 0.29) is 17.3 Å². The van der Waals surface area contributed by atoms with Crippen LogP contribution in [-0.4, -0.2) is 40.6 Å². The van der Waals surface area contributed by atoms with E-state index in [1.807, 2.05) is 19.9 Å². The first-order chi connectivity index (χ1) is 14.7. The maximum absolute atomic E-state index is 12.8. The minimum Gasteiger partial charge on any atom is -0.389 e. The van der Waals surface area contributed by atoms with Crippen molar-refractivity contribution in [1.29, 1.82) is 0 Å². The number of aryl methyl sites for hydroxylation is 2. The second-order valence-corrected chi connectivity index (χ2v) is 9.82. The van der Waals surface area contributed by atoms with Gasteiger partial charge in [0, 0.05) is 29.6 Å². The van der Waals surface area contributed by atoms with E-state index in [2.05, 4.69) is 19.7 Å². The lowest BCUT2D eigenvalue weighted by Gasteiger charge is -2.36. The van der Waals surface area contributed by atoms with Gasteiger partial charge < -0.3 is 10.8 Å². The summed E-state index contributed by atoms with van der Waals surface area (Å²) in [6, 6.07) is 8.53. The van der Waals surface area contributed by atoms with E-state index in [4.69, 9.17) is 5.73 Å². The van der Waals surface area contributed by atoms with Crippen molar-refractivity contribution in [3.63, 3.8) is 0 Å². The van der Waals surface area contributed by atoms with Crippen molar-refractivity contribution in [3.05, 3.63) is 54.0 Å². The number of sulfonamides is 1. The molecule has 1 saturated carbocycles. The number of benzene rings is 1. The van der Waals surface area contributed by atoms with Crippen molar-refractivity contribution < 1.29 is 13.5 Å². The normalized spacial score (nSPS) is 15.5. The molecule has 4 N–H and O–H groups in total.